The van der Waals surface area contributed by atoms with Gasteiger partial charge in [0, 0.05) is 17.9 Å². The molecular weight excluding hydrogens is 380 g/mol. The highest BCUT2D eigenvalue weighted by atomic mass is 35.5. The molecule has 0 aromatic heterocycles. The highest BCUT2D eigenvalue weighted by molar-refractivity contribution is 8.01. The Bertz CT molecular complexity index is 759. The molecule has 2 aliphatic rings. The van der Waals surface area contributed by atoms with E-state index in [1.165, 1.54) is 7.11 Å². The number of thioether (sulfide) groups is 1. The second-order valence-corrected chi connectivity index (χ2v) is 8.18. The first-order valence-corrected chi connectivity index (χ1v) is 9.46. The summed E-state index contributed by atoms with van der Waals surface area (Å²) < 4.78 is 10.2. The van der Waals surface area contributed by atoms with Gasteiger partial charge in [0.15, 0.2) is 6.61 Å². The lowest BCUT2D eigenvalue weighted by molar-refractivity contribution is -0.155. The van der Waals surface area contributed by atoms with Gasteiger partial charge in [-0.05, 0) is 31.5 Å². The summed E-state index contributed by atoms with van der Waals surface area (Å²) in [7, 11) is 1.50. The van der Waals surface area contributed by atoms with Crippen molar-refractivity contribution in [2.24, 2.45) is 0 Å². The summed E-state index contributed by atoms with van der Waals surface area (Å²) >= 11 is 7.58. The quantitative estimate of drug-likeness (QED) is 0.766. The van der Waals surface area contributed by atoms with Gasteiger partial charge in [0.2, 0.25) is 5.91 Å². The van der Waals surface area contributed by atoms with E-state index in [1.807, 2.05) is 6.92 Å². The second kappa shape index (κ2) is 7.36. The largest absolute Gasteiger partial charge is 0.495 e. The minimum absolute atomic E-state index is 0.0447. The molecule has 2 atom stereocenters. The molecule has 2 aliphatic heterocycles. The summed E-state index contributed by atoms with van der Waals surface area (Å²) in [6.45, 7) is 1.53. The maximum atomic E-state index is 12.3. The number of anilines is 1. The summed E-state index contributed by atoms with van der Waals surface area (Å²) in [5.41, 5.74) is 0.468. The molecule has 2 heterocycles. The van der Waals surface area contributed by atoms with Crippen LogP contribution in [0.4, 0.5) is 5.69 Å². The number of nitrogens with one attached hydrogen (secondary N) is 1. The number of carbonyl (C=O) groups excluding carboxylic acids is 3. The minimum atomic E-state index is -0.636. The third-order valence-electron chi connectivity index (χ3n) is 4.50. The third-order valence-corrected chi connectivity index (χ3v) is 6.30. The van der Waals surface area contributed by atoms with Crippen molar-refractivity contribution in [2.75, 3.05) is 24.8 Å². The van der Waals surface area contributed by atoms with Gasteiger partial charge in [-0.15, -0.1) is 11.8 Å². The Morgan fingerprint density at radius 3 is 2.92 bits per heavy atom. The van der Waals surface area contributed by atoms with Crippen molar-refractivity contribution in [3.8, 4) is 5.75 Å². The lowest BCUT2D eigenvalue weighted by Gasteiger charge is -2.29. The smallest absolute Gasteiger partial charge is 0.330 e. The predicted octanol–water partition coefficient (Wildman–Crippen LogP) is 2.28. The number of esters is 1. The van der Waals surface area contributed by atoms with Crippen molar-refractivity contribution in [1.82, 2.24) is 4.90 Å². The average Bonchev–Trinajstić information content (AvgIpc) is 3.09. The van der Waals surface area contributed by atoms with Gasteiger partial charge in [-0.2, -0.15) is 0 Å². The van der Waals surface area contributed by atoms with Gasteiger partial charge in [-0.3, -0.25) is 9.59 Å². The van der Waals surface area contributed by atoms with Crippen LogP contribution in [0.3, 0.4) is 0 Å². The Balaban J connectivity index is 1.54. The molecular formula is C17H19ClN2O5S. The fraction of sp³-hybridized carbons (Fsp3) is 0.471. The van der Waals surface area contributed by atoms with Gasteiger partial charge in [0.1, 0.15) is 11.8 Å². The van der Waals surface area contributed by atoms with E-state index in [0.717, 1.165) is 6.42 Å². The first kappa shape index (κ1) is 18.8. The van der Waals surface area contributed by atoms with E-state index in [4.69, 9.17) is 21.1 Å². The van der Waals surface area contributed by atoms with Gasteiger partial charge in [-0.1, -0.05) is 11.6 Å². The van der Waals surface area contributed by atoms with Crippen molar-refractivity contribution in [3.63, 3.8) is 0 Å². The zero-order chi connectivity index (χ0) is 18.9. The van der Waals surface area contributed by atoms with Crippen LogP contribution in [0.5, 0.6) is 5.75 Å². The number of benzene rings is 1. The number of methoxy groups -OCH3 is 1. The fourth-order valence-corrected chi connectivity index (χ4v) is 4.84. The molecule has 7 nitrogen and oxygen atoms in total. The van der Waals surface area contributed by atoms with Gasteiger partial charge >= 0.3 is 5.97 Å². The molecule has 3 rings (SSSR count). The molecule has 26 heavy (non-hydrogen) atoms. The molecule has 2 fully saturated rings. The number of halogens is 1. The molecule has 0 bridgehead atoms. The number of hydrogen-bond donors (Lipinski definition) is 1. The Morgan fingerprint density at radius 1 is 1.46 bits per heavy atom. The maximum absolute atomic E-state index is 12.3. The highest BCUT2D eigenvalue weighted by Gasteiger charge is 2.53. The molecule has 0 unspecified atom stereocenters. The van der Waals surface area contributed by atoms with Gasteiger partial charge in [0.25, 0.3) is 5.91 Å². The van der Waals surface area contributed by atoms with Crippen molar-refractivity contribution in [3.05, 3.63) is 23.2 Å². The number of nitrogens with zero attached hydrogens (tertiary/aromatic N) is 1. The van der Waals surface area contributed by atoms with Crippen LogP contribution in [0.2, 0.25) is 5.02 Å². The average molecular weight is 399 g/mol. The van der Waals surface area contributed by atoms with Crippen LogP contribution in [0.25, 0.3) is 0 Å². The third kappa shape index (κ3) is 3.61. The normalized spacial score (nSPS) is 24.3. The topological polar surface area (TPSA) is 84.9 Å². The van der Waals surface area contributed by atoms with Crippen molar-refractivity contribution < 1.29 is 23.9 Å². The van der Waals surface area contributed by atoms with E-state index in [1.54, 1.807) is 34.9 Å². The molecule has 1 N–H and O–H groups in total. The lowest BCUT2D eigenvalue weighted by atomic mass is 10.2. The number of amides is 2. The van der Waals surface area contributed by atoms with Crippen molar-refractivity contribution in [1.29, 1.82) is 0 Å². The molecule has 0 aliphatic carbocycles. The van der Waals surface area contributed by atoms with Crippen LogP contribution < -0.4 is 10.1 Å². The SMILES string of the molecule is COc1ccc(NC(=O)COC(=O)[C@@H]2CS[C@]3(C)CCC(=O)N23)cc1Cl. The van der Waals surface area contributed by atoms with Crippen LogP contribution in [0, 0.1) is 0 Å². The van der Waals surface area contributed by atoms with Gasteiger partial charge in [-0.25, -0.2) is 4.79 Å². The molecule has 0 saturated carbocycles. The summed E-state index contributed by atoms with van der Waals surface area (Å²) in [6.07, 6.45) is 1.16. The molecule has 9 heteroatoms. The van der Waals surface area contributed by atoms with E-state index >= 15 is 0 Å². The van der Waals surface area contributed by atoms with Crippen molar-refractivity contribution in [2.45, 2.75) is 30.7 Å². The van der Waals surface area contributed by atoms with Gasteiger partial charge in [0.05, 0.1) is 17.0 Å². The first-order chi connectivity index (χ1) is 12.3. The molecule has 2 amide bonds. The van der Waals surface area contributed by atoms with Crippen LogP contribution in [-0.4, -0.2) is 53.1 Å². The lowest BCUT2D eigenvalue weighted by Crippen LogP contribution is -2.47. The van der Waals surface area contributed by atoms with E-state index in [9.17, 15) is 14.4 Å². The number of carbonyl (C=O) groups is 3. The molecule has 1 aromatic rings. The number of fused-ring (bicyclic) bond motifs is 1. The Morgan fingerprint density at radius 2 is 2.23 bits per heavy atom. The molecule has 140 valence electrons. The van der Waals surface area contributed by atoms with E-state index in [-0.39, 0.29) is 10.8 Å². The van der Waals surface area contributed by atoms with E-state index in [0.29, 0.717) is 28.6 Å². The Hall–Kier alpha value is -1.93. The van der Waals surface area contributed by atoms with Crippen LogP contribution >= 0.6 is 23.4 Å². The van der Waals surface area contributed by atoms with Gasteiger partial charge < -0.3 is 19.7 Å². The first-order valence-electron chi connectivity index (χ1n) is 8.10. The number of rotatable bonds is 5. The molecule has 1 aromatic carbocycles. The minimum Gasteiger partial charge on any atom is -0.495 e. The summed E-state index contributed by atoms with van der Waals surface area (Å²) in [5, 5.41) is 2.96. The zero-order valence-electron chi connectivity index (χ0n) is 14.4. The summed E-state index contributed by atoms with van der Waals surface area (Å²) in [6, 6.07) is 4.16. The Labute approximate surface area is 160 Å². The number of ether oxygens (including phenoxy) is 2. The van der Waals surface area contributed by atoms with Crippen LogP contribution in [0.1, 0.15) is 19.8 Å². The molecule has 0 radical (unpaired) electrons. The standard InChI is InChI=1S/C17H19ClN2O5S/c1-17-6-5-15(22)20(17)12(9-26-17)16(23)25-8-14(21)19-10-3-4-13(24-2)11(18)7-10/h3-4,7,12H,5-6,8-9H2,1-2H3,(H,19,21)/t12-,17+/m0/s1. The van der Waals surface area contributed by atoms with Crippen LogP contribution in [-0.2, 0) is 19.1 Å². The summed E-state index contributed by atoms with van der Waals surface area (Å²) in [5.74, 6) is -0.110. The zero-order valence-corrected chi connectivity index (χ0v) is 16.0. The molecule has 2 saturated heterocycles. The van der Waals surface area contributed by atoms with Crippen molar-refractivity contribution >= 4 is 46.8 Å². The fourth-order valence-electron chi connectivity index (χ4n) is 3.17. The number of hydrogen-bond acceptors (Lipinski definition) is 6. The molecule has 0 spiro atoms. The van der Waals surface area contributed by atoms with E-state index < -0.39 is 24.5 Å². The van der Waals surface area contributed by atoms with E-state index in [2.05, 4.69) is 5.32 Å². The second-order valence-electron chi connectivity index (χ2n) is 6.27. The monoisotopic (exact) mass is 398 g/mol. The predicted molar refractivity (Wildman–Crippen MR) is 98.3 cm³/mol. The summed E-state index contributed by atoms with van der Waals surface area (Å²) in [4.78, 5) is 37.6. The maximum Gasteiger partial charge on any atom is 0.330 e. The highest BCUT2D eigenvalue weighted by Crippen LogP contribution is 2.47. The Kier molecular flexibility index (Phi) is 5.34. The van der Waals surface area contributed by atoms with Crippen LogP contribution in [0.15, 0.2) is 18.2 Å².